The molecule has 1 heterocycles. The Morgan fingerprint density at radius 3 is 2.86 bits per heavy atom. The Hall–Kier alpha value is -2.15. The van der Waals surface area contributed by atoms with Gasteiger partial charge in [-0.2, -0.15) is 0 Å². The molecule has 0 atom stereocenters. The monoisotopic (exact) mass is 355 g/mol. The summed E-state index contributed by atoms with van der Waals surface area (Å²) in [5.74, 6) is -0.930. The molecule has 2 aromatic rings. The van der Waals surface area contributed by atoms with Crippen molar-refractivity contribution in [2.45, 2.75) is 6.92 Å². The van der Waals surface area contributed by atoms with Gasteiger partial charge in [-0.05, 0) is 25.1 Å². The van der Waals surface area contributed by atoms with Gasteiger partial charge in [0.05, 0.1) is 12.0 Å². The SMILES string of the molecule is Cc1occc(=O)c1OCC(=O)Nc1ccc(Br)cc1F. The Morgan fingerprint density at radius 2 is 2.19 bits per heavy atom. The number of halogens is 2. The van der Waals surface area contributed by atoms with E-state index in [0.717, 1.165) is 0 Å². The van der Waals surface area contributed by atoms with Gasteiger partial charge in [-0.1, -0.05) is 15.9 Å². The average molecular weight is 356 g/mol. The number of benzene rings is 1. The van der Waals surface area contributed by atoms with Crippen LogP contribution in [0, 0.1) is 12.7 Å². The molecule has 0 aliphatic heterocycles. The van der Waals surface area contributed by atoms with Crippen molar-refractivity contribution < 1.29 is 18.3 Å². The summed E-state index contributed by atoms with van der Waals surface area (Å²) in [6, 6.07) is 5.43. The van der Waals surface area contributed by atoms with E-state index in [1.165, 1.54) is 24.5 Å². The number of anilines is 1. The summed E-state index contributed by atoms with van der Waals surface area (Å²) in [7, 11) is 0. The van der Waals surface area contributed by atoms with Crippen molar-refractivity contribution >= 4 is 27.5 Å². The normalized spacial score (nSPS) is 10.2. The molecule has 0 saturated carbocycles. The molecule has 1 N–H and O–H groups in total. The molecular formula is C14H11BrFNO4. The summed E-state index contributed by atoms with van der Waals surface area (Å²) in [6.45, 7) is 1.12. The maximum absolute atomic E-state index is 13.6. The van der Waals surface area contributed by atoms with Gasteiger partial charge in [0.2, 0.25) is 11.2 Å². The minimum Gasteiger partial charge on any atom is -0.476 e. The van der Waals surface area contributed by atoms with Crippen molar-refractivity contribution in [1.29, 1.82) is 0 Å². The lowest BCUT2D eigenvalue weighted by atomic mass is 10.3. The molecule has 110 valence electrons. The first-order chi connectivity index (χ1) is 9.97. The summed E-state index contributed by atoms with van der Waals surface area (Å²) in [5.41, 5.74) is -0.356. The van der Waals surface area contributed by atoms with Gasteiger partial charge in [-0.15, -0.1) is 0 Å². The van der Waals surface area contributed by atoms with Crippen LogP contribution in [-0.4, -0.2) is 12.5 Å². The third kappa shape index (κ3) is 3.91. The molecule has 0 saturated heterocycles. The van der Waals surface area contributed by atoms with Crippen LogP contribution in [0.3, 0.4) is 0 Å². The Balaban J connectivity index is 2.01. The Labute approximate surface area is 127 Å². The highest BCUT2D eigenvalue weighted by Gasteiger charge is 2.11. The van der Waals surface area contributed by atoms with Crippen molar-refractivity contribution in [3.05, 3.63) is 56.8 Å². The first-order valence-electron chi connectivity index (χ1n) is 5.93. The first-order valence-corrected chi connectivity index (χ1v) is 6.73. The number of hydrogen-bond acceptors (Lipinski definition) is 4. The summed E-state index contributed by atoms with van der Waals surface area (Å²) < 4.78 is 24.2. The van der Waals surface area contributed by atoms with Crippen molar-refractivity contribution in [2.24, 2.45) is 0 Å². The second-order valence-corrected chi connectivity index (χ2v) is 5.05. The van der Waals surface area contributed by atoms with Crippen LogP contribution < -0.4 is 15.5 Å². The summed E-state index contributed by atoms with van der Waals surface area (Å²) >= 11 is 3.12. The number of amides is 1. The second kappa shape index (κ2) is 6.53. The van der Waals surface area contributed by atoms with E-state index in [2.05, 4.69) is 21.2 Å². The molecule has 2 rings (SSSR count). The van der Waals surface area contributed by atoms with Gasteiger partial charge in [0, 0.05) is 10.5 Å². The number of nitrogens with one attached hydrogen (secondary N) is 1. The molecule has 0 aliphatic carbocycles. The van der Waals surface area contributed by atoms with Crippen molar-refractivity contribution in [3.63, 3.8) is 0 Å². The fourth-order valence-electron chi connectivity index (χ4n) is 1.59. The summed E-state index contributed by atoms with van der Waals surface area (Å²) in [4.78, 5) is 23.2. The van der Waals surface area contributed by atoms with E-state index in [0.29, 0.717) is 4.47 Å². The van der Waals surface area contributed by atoms with Gasteiger partial charge in [0.1, 0.15) is 11.6 Å². The van der Waals surface area contributed by atoms with Crippen LogP contribution in [0.4, 0.5) is 10.1 Å². The van der Waals surface area contributed by atoms with E-state index < -0.39 is 18.3 Å². The zero-order chi connectivity index (χ0) is 15.4. The highest BCUT2D eigenvalue weighted by molar-refractivity contribution is 9.10. The molecule has 5 nitrogen and oxygen atoms in total. The molecule has 7 heteroatoms. The van der Waals surface area contributed by atoms with Gasteiger partial charge < -0.3 is 14.5 Å². The van der Waals surface area contributed by atoms with Crippen molar-refractivity contribution in [3.8, 4) is 5.75 Å². The fraction of sp³-hybridized carbons (Fsp3) is 0.143. The van der Waals surface area contributed by atoms with E-state index >= 15 is 0 Å². The molecule has 1 amide bonds. The third-order valence-electron chi connectivity index (χ3n) is 2.56. The van der Waals surface area contributed by atoms with Gasteiger partial charge in [0.25, 0.3) is 5.91 Å². The van der Waals surface area contributed by atoms with Gasteiger partial charge in [0.15, 0.2) is 6.61 Å². The lowest BCUT2D eigenvalue weighted by molar-refractivity contribution is -0.118. The Kier molecular flexibility index (Phi) is 4.74. The molecule has 0 spiro atoms. The smallest absolute Gasteiger partial charge is 0.262 e. The summed E-state index contributed by atoms with van der Waals surface area (Å²) in [5, 5.41) is 2.35. The van der Waals surface area contributed by atoms with Crippen molar-refractivity contribution in [1.82, 2.24) is 0 Å². The Morgan fingerprint density at radius 1 is 1.43 bits per heavy atom. The Bertz CT molecular complexity index is 729. The standard InChI is InChI=1S/C14H11BrFNO4/c1-8-14(12(18)4-5-20-8)21-7-13(19)17-11-3-2-9(15)6-10(11)16/h2-6H,7H2,1H3,(H,17,19). The van der Waals surface area contributed by atoms with Gasteiger partial charge >= 0.3 is 0 Å². The lowest BCUT2D eigenvalue weighted by Gasteiger charge is -2.08. The zero-order valence-electron chi connectivity index (χ0n) is 11.0. The van der Waals surface area contributed by atoms with Crippen molar-refractivity contribution in [2.75, 3.05) is 11.9 Å². The number of carbonyl (C=O) groups excluding carboxylic acids is 1. The zero-order valence-corrected chi connectivity index (χ0v) is 12.6. The molecule has 0 bridgehead atoms. The highest BCUT2D eigenvalue weighted by atomic mass is 79.9. The number of hydrogen-bond donors (Lipinski definition) is 1. The molecule has 0 radical (unpaired) electrons. The maximum atomic E-state index is 13.6. The minimum absolute atomic E-state index is 0.0311. The minimum atomic E-state index is -0.584. The van der Waals surface area contributed by atoms with Crippen LogP contribution in [-0.2, 0) is 4.79 Å². The van der Waals surface area contributed by atoms with E-state index in [-0.39, 0.29) is 22.6 Å². The topological polar surface area (TPSA) is 68.5 Å². The van der Waals surface area contributed by atoms with Crippen LogP contribution >= 0.6 is 15.9 Å². The maximum Gasteiger partial charge on any atom is 0.262 e. The van der Waals surface area contributed by atoms with Crippen LogP contribution in [0.5, 0.6) is 5.75 Å². The van der Waals surface area contributed by atoms with Crippen LogP contribution in [0.1, 0.15) is 5.76 Å². The number of aryl methyl sites for hydroxylation is 1. The van der Waals surface area contributed by atoms with Gasteiger partial charge in [-0.25, -0.2) is 4.39 Å². The molecule has 1 aromatic heterocycles. The number of ether oxygens (including phenoxy) is 1. The largest absolute Gasteiger partial charge is 0.476 e. The molecule has 21 heavy (non-hydrogen) atoms. The quantitative estimate of drug-likeness (QED) is 0.915. The third-order valence-corrected chi connectivity index (χ3v) is 3.05. The molecule has 0 unspecified atom stereocenters. The van der Waals surface area contributed by atoms with E-state index in [9.17, 15) is 14.0 Å². The fourth-order valence-corrected chi connectivity index (χ4v) is 1.92. The number of carbonyl (C=O) groups is 1. The van der Waals surface area contributed by atoms with Crippen LogP contribution in [0.2, 0.25) is 0 Å². The first kappa shape index (κ1) is 15.2. The van der Waals surface area contributed by atoms with E-state index in [4.69, 9.17) is 9.15 Å². The second-order valence-electron chi connectivity index (χ2n) is 4.13. The highest BCUT2D eigenvalue weighted by Crippen LogP contribution is 2.19. The summed E-state index contributed by atoms with van der Waals surface area (Å²) in [6.07, 6.45) is 1.24. The van der Waals surface area contributed by atoms with E-state index in [1.807, 2.05) is 0 Å². The lowest BCUT2D eigenvalue weighted by Crippen LogP contribution is -2.22. The molecule has 0 aliphatic rings. The van der Waals surface area contributed by atoms with Gasteiger partial charge in [-0.3, -0.25) is 9.59 Å². The molecule has 0 fully saturated rings. The average Bonchev–Trinajstić information content (AvgIpc) is 2.41. The molecule has 1 aromatic carbocycles. The van der Waals surface area contributed by atoms with Crippen LogP contribution in [0.25, 0.3) is 0 Å². The predicted molar refractivity (Wildman–Crippen MR) is 77.9 cm³/mol. The predicted octanol–water partition coefficient (Wildman–Crippen LogP) is 2.87. The van der Waals surface area contributed by atoms with E-state index in [1.54, 1.807) is 13.0 Å². The molecular weight excluding hydrogens is 345 g/mol. The number of rotatable bonds is 4. The van der Waals surface area contributed by atoms with Crippen LogP contribution in [0.15, 0.2) is 44.2 Å².